The minimum atomic E-state index is 0.0839. The molecule has 0 bridgehead atoms. The van der Waals surface area contributed by atoms with Crippen molar-refractivity contribution in [1.29, 1.82) is 0 Å². The highest BCUT2D eigenvalue weighted by Crippen LogP contribution is 2.24. The van der Waals surface area contributed by atoms with Crippen molar-refractivity contribution in [2.75, 3.05) is 26.3 Å². The second-order valence-corrected chi connectivity index (χ2v) is 5.20. The summed E-state index contributed by atoms with van der Waals surface area (Å²) >= 11 is 0. The first-order chi connectivity index (χ1) is 10.2. The quantitative estimate of drug-likeness (QED) is 0.288. The molecule has 0 heterocycles. The molecule has 1 aromatic rings. The summed E-state index contributed by atoms with van der Waals surface area (Å²) in [5.74, 6) is 0.836. The van der Waals surface area contributed by atoms with Gasteiger partial charge >= 0.3 is 0 Å². The Hall–Kier alpha value is -1.79. The summed E-state index contributed by atoms with van der Waals surface area (Å²) < 4.78 is 5.70. The fourth-order valence-electron chi connectivity index (χ4n) is 2.42. The second-order valence-electron chi connectivity index (χ2n) is 5.20. The van der Waals surface area contributed by atoms with Gasteiger partial charge in [-0.2, -0.15) is 0 Å². The van der Waals surface area contributed by atoms with Gasteiger partial charge in [-0.3, -0.25) is 4.90 Å². The van der Waals surface area contributed by atoms with Crippen molar-refractivity contribution in [2.24, 2.45) is 10.9 Å². The Labute approximate surface area is 124 Å². The maximum absolute atomic E-state index is 9.10. The lowest BCUT2D eigenvalue weighted by Gasteiger charge is -2.37. The minimum Gasteiger partial charge on any atom is -0.492 e. The van der Waals surface area contributed by atoms with E-state index >= 15 is 0 Å². The zero-order valence-electron chi connectivity index (χ0n) is 12.1. The van der Waals surface area contributed by atoms with E-state index in [0.29, 0.717) is 24.8 Å². The van der Waals surface area contributed by atoms with E-state index in [4.69, 9.17) is 20.8 Å². The lowest BCUT2D eigenvalue weighted by molar-refractivity contribution is 0.0860. The molecule has 6 heteroatoms. The highest BCUT2D eigenvalue weighted by atomic mass is 16.5. The van der Waals surface area contributed by atoms with Crippen molar-refractivity contribution in [3.63, 3.8) is 0 Å². The molecule has 2 rings (SSSR count). The zero-order valence-corrected chi connectivity index (χ0v) is 12.1. The van der Waals surface area contributed by atoms with Crippen molar-refractivity contribution in [2.45, 2.75) is 25.3 Å². The van der Waals surface area contributed by atoms with E-state index in [9.17, 15) is 0 Å². The first-order valence-corrected chi connectivity index (χ1v) is 7.30. The van der Waals surface area contributed by atoms with Gasteiger partial charge in [0.15, 0.2) is 5.84 Å². The highest BCUT2D eigenvalue weighted by Gasteiger charge is 2.24. The summed E-state index contributed by atoms with van der Waals surface area (Å²) in [5, 5.41) is 20.7. The average molecular weight is 293 g/mol. The molecule has 4 N–H and O–H groups in total. The Morgan fingerprint density at radius 1 is 1.29 bits per heavy atom. The number of aliphatic hydroxyl groups excluding tert-OH is 1. The van der Waals surface area contributed by atoms with Crippen LogP contribution >= 0.6 is 0 Å². The maximum Gasteiger partial charge on any atom is 0.170 e. The molecule has 0 aromatic heterocycles. The van der Waals surface area contributed by atoms with Crippen LogP contribution in [0, 0.1) is 0 Å². The standard InChI is InChI=1S/C15H23N3O3/c16-15(17-20)12-4-6-14(7-5-12)21-11-9-18(8-10-19)13-2-1-3-13/h4-7,13,19-20H,1-3,8-11H2,(H2,16,17). The lowest BCUT2D eigenvalue weighted by atomic mass is 9.91. The van der Waals surface area contributed by atoms with Gasteiger partial charge < -0.3 is 20.8 Å². The number of aliphatic hydroxyl groups is 1. The van der Waals surface area contributed by atoms with Crippen LogP contribution in [0.25, 0.3) is 0 Å². The van der Waals surface area contributed by atoms with Crippen LogP contribution in [0.5, 0.6) is 5.75 Å². The Kier molecular flexibility index (Phi) is 5.83. The van der Waals surface area contributed by atoms with E-state index < -0.39 is 0 Å². The summed E-state index contributed by atoms with van der Waals surface area (Å²) in [5.41, 5.74) is 6.16. The first-order valence-electron chi connectivity index (χ1n) is 7.30. The smallest absolute Gasteiger partial charge is 0.170 e. The predicted octanol–water partition coefficient (Wildman–Crippen LogP) is 1.01. The van der Waals surface area contributed by atoms with Crippen molar-refractivity contribution in [3.8, 4) is 5.75 Å². The number of hydrogen-bond acceptors (Lipinski definition) is 5. The van der Waals surface area contributed by atoms with E-state index in [-0.39, 0.29) is 12.4 Å². The molecule has 1 aliphatic rings. The minimum absolute atomic E-state index is 0.0839. The molecular formula is C15H23N3O3. The Balaban J connectivity index is 1.79. The number of ether oxygens (including phenoxy) is 1. The number of nitrogens with zero attached hydrogens (tertiary/aromatic N) is 2. The van der Waals surface area contributed by atoms with Gasteiger partial charge in [-0.1, -0.05) is 11.6 Å². The molecular weight excluding hydrogens is 270 g/mol. The van der Waals surface area contributed by atoms with Crippen molar-refractivity contribution in [1.82, 2.24) is 4.90 Å². The van der Waals surface area contributed by atoms with Gasteiger partial charge in [0, 0.05) is 24.7 Å². The molecule has 1 aliphatic carbocycles. The topological polar surface area (TPSA) is 91.3 Å². The molecule has 116 valence electrons. The summed E-state index contributed by atoms with van der Waals surface area (Å²) in [6.07, 6.45) is 3.71. The van der Waals surface area contributed by atoms with Crippen LogP contribution in [0.1, 0.15) is 24.8 Å². The Bertz CT molecular complexity index is 458. The van der Waals surface area contributed by atoms with Gasteiger partial charge in [-0.05, 0) is 37.1 Å². The molecule has 21 heavy (non-hydrogen) atoms. The number of benzene rings is 1. The molecule has 0 radical (unpaired) electrons. The van der Waals surface area contributed by atoms with Crippen LogP contribution in [0.15, 0.2) is 29.4 Å². The van der Waals surface area contributed by atoms with E-state index in [1.807, 2.05) is 0 Å². The normalized spacial score (nSPS) is 16.0. The van der Waals surface area contributed by atoms with E-state index in [1.165, 1.54) is 19.3 Å². The van der Waals surface area contributed by atoms with Crippen LogP contribution in [-0.2, 0) is 0 Å². The monoisotopic (exact) mass is 293 g/mol. The summed E-state index contributed by atoms with van der Waals surface area (Å²) in [6, 6.07) is 7.70. The van der Waals surface area contributed by atoms with E-state index in [1.54, 1.807) is 24.3 Å². The highest BCUT2D eigenvalue weighted by molar-refractivity contribution is 5.97. The number of nitrogens with two attached hydrogens (primary N) is 1. The SMILES string of the molecule is N/C(=N/O)c1ccc(OCCN(CCO)C2CCC2)cc1. The molecule has 0 unspecified atom stereocenters. The summed E-state index contributed by atoms with van der Waals surface area (Å²) in [4.78, 5) is 2.29. The Morgan fingerprint density at radius 3 is 2.52 bits per heavy atom. The van der Waals surface area contributed by atoms with Gasteiger partial charge in [0.1, 0.15) is 12.4 Å². The third-order valence-electron chi connectivity index (χ3n) is 3.88. The molecule has 6 nitrogen and oxygen atoms in total. The van der Waals surface area contributed by atoms with Gasteiger partial charge in [0.25, 0.3) is 0 Å². The van der Waals surface area contributed by atoms with Crippen LogP contribution in [-0.4, -0.2) is 53.4 Å². The van der Waals surface area contributed by atoms with Gasteiger partial charge in [-0.15, -0.1) is 0 Å². The van der Waals surface area contributed by atoms with Gasteiger partial charge in [0.2, 0.25) is 0 Å². The molecule has 1 fully saturated rings. The third-order valence-corrected chi connectivity index (χ3v) is 3.88. The molecule has 0 saturated heterocycles. The van der Waals surface area contributed by atoms with Crippen LogP contribution in [0.3, 0.4) is 0 Å². The predicted molar refractivity (Wildman–Crippen MR) is 80.7 cm³/mol. The van der Waals surface area contributed by atoms with E-state index in [0.717, 1.165) is 12.3 Å². The van der Waals surface area contributed by atoms with Crippen LogP contribution in [0.2, 0.25) is 0 Å². The third kappa shape index (κ3) is 4.34. The van der Waals surface area contributed by atoms with Crippen LogP contribution in [0.4, 0.5) is 0 Å². The molecule has 0 aliphatic heterocycles. The molecule has 1 saturated carbocycles. The number of oxime groups is 1. The molecule has 0 amide bonds. The molecule has 0 spiro atoms. The second kappa shape index (κ2) is 7.85. The Morgan fingerprint density at radius 2 is 2.00 bits per heavy atom. The summed E-state index contributed by atoms with van der Waals surface area (Å²) in [7, 11) is 0. The summed E-state index contributed by atoms with van der Waals surface area (Å²) in [6.45, 7) is 2.29. The maximum atomic E-state index is 9.10. The van der Waals surface area contributed by atoms with E-state index in [2.05, 4.69) is 10.1 Å². The largest absolute Gasteiger partial charge is 0.492 e. The van der Waals surface area contributed by atoms with Crippen molar-refractivity contribution in [3.05, 3.63) is 29.8 Å². The zero-order chi connectivity index (χ0) is 15.1. The molecule has 1 aromatic carbocycles. The van der Waals surface area contributed by atoms with Crippen molar-refractivity contribution < 1.29 is 15.1 Å². The van der Waals surface area contributed by atoms with Gasteiger partial charge in [-0.25, -0.2) is 0 Å². The first kappa shape index (κ1) is 15.6. The lowest BCUT2D eigenvalue weighted by Crippen LogP contribution is -2.43. The van der Waals surface area contributed by atoms with Crippen LogP contribution < -0.4 is 10.5 Å². The van der Waals surface area contributed by atoms with Gasteiger partial charge in [0.05, 0.1) is 6.61 Å². The fraction of sp³-hybridized carbons (Fsp3) is 0.533. The van der Waals surface area contributed by atoms with Crippen molar-refractivity contribution >= 4 is 5.84 Å². The average Bonchev–Trinajstić information content (AvgIpc) is 2.45. The number of rotatable bonds is 8. The molecule has 0 atom stereocenters. The number of hydrogen-bond donors (Lipinski definition) is 3. The number of amidine groups is 1. The fourth-order valence-corrected chi connectivity index (χ4v) is 2.42.